The Morgan fingerprint density at radius 2 is 2.32 bits per heavy atom. The first-order valence-corrected chi connectivity index (χ1v) is 7.61. The van der Waals surface area contributed by atoms with Crippen LogP contribution in [0.1, 0.15) is 6.42 Å². The Bertz CT molecular complexity index is 562. The molecule has 0 saturated heterocycles. The number of amides is 1. The van der Waals surface area contributed by atoms with Gasteiger partial charge in [0.25, 0.3) is 15.9 Å². The molecular weight excluding hydrogens is 268 g/mol. The van der Waals surface area contributed by atoms with E-state index in [0.29, 0.717) is 26.1 Å². The number of fused-ring (bicyclic) bond motifs is 1. The molecule has 19 heavy (non-hydrogen) atoms. The molecule has 2 aliphatic heterocycles. The molecule has 7 nitrogen and oxygen atoms in total. The van der Waals surface area contributed by atoms with Crippen molar-refractivity contribution in [3.63, 3.8) is 0 Å². The maximum Gasteiger partial charge on any atom is 0.256 e. The molecule has 0 saturated carbocycles. The van der Waals surface area contributed by atoms with E-state index >= 15 is 0 Å². The number of sulfonamides is 1. The van der Waals surface area contributed by atoms with Crippen LogP contribution >= 0.6 is 0 Å². The molecule has 1 amide bonds. The number of nitrogens with two attached hydrogens (primary N) is 1. The van der Waals surface area contributed by atoms with E-state index in [2.05, 4.69) is 9.71 Å². The molecule has 0 atom stereocenters. The Morgan fingerprint density at radius 1 is 1.53 bits per heavy atom. The van der Waals surface area contributed by atoms with Gasteiger partial charge in [0.2, 0.25) is 0 Å². The molecule has 0 aromatic heterocycles. The summed E-state index contributed by atoms with van der Waals surface area (Å²) >= 11 is 0. The average Bonchev–Trinajstić information content (AvgIpc) is 2.37. The molecule has 2 aliphatic rings. The topological polar surface area (TPSA) is 105 Å². The molecule has 0 aromatic rings. The fourth-order valence-electron chi connectivity index (χ4n) is 1.79. The van der Waals surface area contributed by atoms with Crippen LogP contribution in [0, 0.1) is 0 Å². The second-order valence-corrected chi connectivity index (χ2v) is 5.97. The molecule has 0 aliphatic carbocycles. The Hall–Kier alpha value is -1.67. The van der Waals surface area contributed by atoms with Crippen LogP contribution < -0.4 is 11.1 Å². The Labute approximate surface area is 111 Å². The lowest BCUT2D eigenvalue weighted by molar-refractivity contribution is -0.117. The normalized spacial score (nSPS) is 20.4. The molecule has 0 bridgehead atoms. The van der Waals surface area contributed by atoms with Crippen LogP contribution in [0.2, 0.25) is 0 Å². The third kappa shape index (κ3) is 3.21. The zero-order valence-corrected chi connectivity index (χ0v) is 11.2. The second-order valence-electron chi connectivity index (χ2n) is 4.21. The van der Waals surface area contributed by atoms with Gasteiger partial charge in [0, 0.05) is 19.3 Å². The van der Waals surface area contributed by atoms with Gasteiger partial charge >= 0.3 is 0 Å². The minimum atomic E-state index is -3.47. The maximum atomic E-state index is 12.0. The first kappa shape index (κ1) is 13.8. The Kier molecular flexibility index (Phi) is 4.01. The summed E-state index contributed by atoms with van der Waals surface area (Å²) < 4.78 is 26.7. The SMILES string of the molecule is NCCCNC(=O)C1=CC=CN2CCS(=O)(=O)N=C12. The Morgan fingerprint density at radius 3 is 3.05 bits per heavy atom. The van der Waals surface area contributed by atoms with Crippen molar-refractivity contribution in [3.05, 3.63) is 23.9 Å². The lowest BCUT2D eigenvalue weighted by Gasteiger charge is -2.28. The van der Waals surface area contributed by atoms with Gasteiger partial charge in [-0.15, -0.1) is 4.40 Å². The van der Waals surface area contributed by atoms with Crippen LogP contribution in [-0.4, -0.2) is 50.4 Å². The lowest BCUT2D eigenvalue weighted by Crippen LogP contribution is -2.42. The zero-order chi connectivity index (χ0) is 13.9. The van der Waals surface area contributed by atoms with E-state index < -0.39 is 10.0 Å². The first-order chi connectivity index (χ1) is 9.03. The van der Waals surface area contributed by atoms with Gasteiger partial charge < -0.3 is 16.0 Å². The fourth-order valence-corrected chi connectivity index (χ4v) is 2.78. The van der Waals surface area contributed by atoms with Crippen molar-refractivity contribution in [1.82, 2.24) is 10.2 Å². The van der Waals surface area contributed by atoms with E-state index in [1.165, 1.54) is 0 Å². The van der Waals surface area contributed by atoms with Crippen LogP contribution in [0.3, 0.4) is 0 Å². The molecule has 0 radical (unpaired) electrons. The summed E-state index contributed by atoms with van der Waals surface area (Å²) in [5.41, 5.74) is 5.61. The number of rotatable bonds is 4. The molecule has 0 spiro atoms. The molecule has 3 N–H and O–H groups in total. The molecular formula is C11H16N4O3S. The zero-order valence-electron chi connectivity index (χ0n) is 10.4. The number of hydrogen-bond acceptors (Lipinski definition) is 5. The number of amidine groups is 1. The van der Waals surface area contributed by atoms with E-state index in [9.17, 15) is 13.2 Å². The van der Waals surface area contributed by atoms with Crippen molar-refractivity contribution in [2.45, 2.75) is 6.42 Å². The van der Waals surface area contributed by atoms with Gasteiger partial charge in [-0.3, -0.25) is 4.79 Å². The minimum absolute atomic E-state index is 0.0388. The predicted molar refractivity (Wildman–Crippen MR) is 71.8 cm³/mol. The monoisotopic (exact) mass is 284 g/mol. The summed E-state index contributed by atoms with van der Waals surface area (Å²) in [7, 11) is -3.47. The van der Waals surface area contributed by atoms with Gasteiger partial charge in [0.05, 0.1) is 11.3 Å². The van der Waals surface area contributed by atoms with Crippen LogP contribution in [-0.2, 0) is 14.8 Å². The van der Waals surface area contributed by atoms with Crippen LogP contribution in [0.25, 0.3) is 0 Å². The van der Waals surface area contributed by atoms with Crippen LogP contribution in [0.5, 0.6) is 0 Å². The number of nitrogens with zero attached hydrogens (tertiary/aromatic N) is 2. The lowest BCUT2D eigenvalue weighted by atomic mass is 10.1. The van der Waals surface area contributed by atoms with Gasteiger partial charge in [-0.1, -0.05) is 0 Å². The van der Waals surface area contributed by atoms with Crippen LogP contribution in [0.4, 0.5) is 0 Å². The van der Waals surface area contributed by atoms with Gasteiger partial charge in [-0.25, -0.2) is 8.42 Å². The van der Waals surface area contributed by atoms with E-state index in [1.54, 1.807) is 23.3 Å². The van der Waals surface area contributed by atoms with Gasteiger partial charge in [-0.2, -0.15) is 0 Å². The number of nitrogens with one attached hydrogen (secondary N) is 1. The van der Waals surface area contributed by atoms with Crippen LogP contribution in [0.15, 0.2) is 28.3 Å². The van der Waals surface area contributed by atoms with Crippen molar-refractivity contribution >= 4 is 21.8 Å². The highest BCUT2D eigenvalue weighted by molar-refractivity contribution is 7.90. The summed E-state index contributed by atoms with van der Waals surface area (Å²) in [5.74, 6) is -0.180. The van der Waals surface area contributed by atoms with Crippen molar-refractivity contribution in [2.75, 3.05) is 25.4 Å². The summed E-state index contributed by atoms with van der Waals surface area (Å²) in [5, 5.41) is 2.69. The van der Waals surface area contributed by atoms with Crippen molar-refractivity contribution in [2.24, 2.45) is 10.1 Å². The van der Waals surface area contributed by atoms with E-state index in [4.69, 9.17) is 5.73 Å². The molecule has 104 valence electrons. The van der Waals surface area contributed by atoms with E-state index in [0.717, 1.165) is 0 Å². The van der Waals surface area contributed by atoms with Crippen molar-refractivity contribution in [1.29, 1.82) is 0 Å². The first-order valence-electron chi connectivity index (χ1n) is 6.00. The van der Waals surface area contributed by atoms with Gasteiger partial charge in [-0.05, 0) is 25.1 Å². The fraction of sp³-hybridized carbons (Fsp3) is 0.455. The molecule has 0 unspecified atom stereocenters. The largest absolute Gasteiger partial charge is 0.352 e. The quantitative estimate of drug-likeness (QED) is 0.641. The molecule has 2 heterocycles. The number of carbonyl (C=O) groups excluding carboxylic acids is 1. The van der Waals surface area contributed by atoms with E-state index in [1.807, 2.05) is 0 Å². The molecule has 2 rings (SSSR count). The summed E-state index contributed by atoms with van der Waals surface area (Å²) in [6.45, 7) is 1.25. The third-order valence-electron chi connectivity index (χ3n) is 2.77. The molecule has 8 heteroatoms. The van der Waals surface area contributed by atoms with Gasteiger partial charge in [0.15, 0.2) is 5.84 Å². The van der Waals surface area contributed by atoms with Crippen molar-refractivity contribution < 1.29 is 13.2 Å². The Balaban J connectivity index is 2.19. The molecule has 0 aromatic carbocycles. The van der Waals surface area contributed by atoms with E-state index in [-0.39, 0.29) is 23.1 Å². The summed E-state index contributed by atoms with van der Waals surface area (Å²) in [6, 6.07) is 0. The predicted octanol–water partition coefficient (Wildman–Crippen LogP) is -1.05. The highest BCUT2D eigenvalue weighted by Gasteiger charge is 2.29. The number of carbonyl (C=O) groups is 1. The third-order valence-corrected chi connectivity index (χ3v) is 3.92. The maximum absolute atomic E-state index is 12.0. The number of hydrogen-bond donors (Lipinski definition) is 2. The highest BCUT2D eigenvalue weighted by atomic mass is 32.2. The number of allylic oxidation sites excluding steroid dienone is 2. The average molecular weight is 284 g/mol. The smallest absolute Gasteiger partial charge is 0.256 e. The van der Waals surface area contributed by atoms with Crippen molar-refractivity contribution in [3.8, 4) is 0 Å². The minimum Gasteiger partial charge on any atom is -0.352 e. The standard InChI is InChI=1S/C11H16N4O3S/c12-4-2-5-13-11(16)9-3-1-6-15-7-8-19(17,18)14-10(9)15/h1,3,6H,2,4-5,7-8,12H2,(H,13,16). The second kappa shape index (κ2) is 5.54. The highest BCUT2D eigenvalue weighted by Crippen LogP contribution is 2.17. The summed E-state index contributed by atoms with van der Waals surface area (Å²) in [4.78, 5) is 13.6. The molecule has 0 fully saturated rings. The summed E-state index contributed by atoms with van der Waals surface area (Å²) in [6.07, 6.45) is 5.65. The van der Waals surface area contributed by atoms with Gasteiger partial charge in [0.1, 0.15) is 0 Å².